The van der Waals surface area contributed by atoms with E-state index in [4.69, 9.17) is 0 Å². The number of aromatic nitrogens is 1. The quantitative estimate of drug-likeness (QED) is 0.578. The normalized spacial score (nSPS) is 14.1. The molecule has 4 rings (SSSR count). The second-order valence-corrected chi connectivity index (χ2v) is 5.69. The Balaban J connectivity index is 2.03. The summed E-state index contributed by atoms with van der Waals surface area (Å²) in [4.78, 5) is 0. The van der Waals surface area contributed by atoms with E-state index in [1.54, 1.807) is 0 Å². The van der Waals surface area contributed by atoms with Gasteiger partial charge < -0.3 is 4.57 Å². The number of nitrogens with zero attached hydrogens (tertiary/aromatic N) is 1. The summed E-state index contributed by atoms with van der Waals surface area (Å²) in [5.41, 5.74) is 8.87. The maximum absolute atomic E-state index is 4.35. The van der Waals surface area contributed by atoms with Gasteiger partial charge in [0.25, 0.3) is 0 Å². The number of hydrogen-bond acceptors (Lipinski definition) is 0. The van der Waals surface area contributed by atoms with Crippen molar-refractivity contribution in [1.29, 1.82) is 0 Å². The van der Waals surface area contributed by atoms with Gasteiger partial charge in [-0.25, -0.2) is 0 Å². The van der Waals surface area contributed by atoms with E-state index in [0.29, 0.717) is 0 Å². The topological polar surface area (TPSA) is 4.93 Å². The zero-order valence-electron chi connectivity index (χ0n) is 12.4. The van der Waals surface area contributed by atoms with Crippen LogP contribution in [0.3, 0.4) is 0 Å². The molecular weight excluding hydrogens is 254 g/mol. The van der Waals surface area contributed by atoms with Crippen LogP contribution in [0.25, 0.3) is 27.6 Å². The molecule has 1 aliphatic rings. The van der Waals surface area contributed by atoms with Gasteiger partial charge in [-0.2, -0.15) is 0 Å². The fourth-order valence-corrected chi connectivity index (χ4v) is 3.47. The first kappa shape index (κ1) is 12.2. The van der Waals surface area contributed by atoms with Crippen molar-refractivity contribution in [3.05, 3.63) is 78.0 Å². The van der Waals surface area contributed by atoms with E-state index in [1.807, 2.05) is 0 Å². The standard InChI is InChI=1S/C20H17N/c1-13-15-8-4-5-9-16(15)14(2)20(13)18-12-21(3)19-11-7-6-10-17(18)19/h4-12H,1H2,2-3H3. The number of rotatable bonds is 1. The Labute approximate surface area is 124 Å². The summed E-state index contributed by atoms with van der Waals surface area (Å²) in [6, 6.07) is 17.1. The summed E-state index contributed by atoms with van der Waals surface area (Å²) >= 11 is 0. The molecule has 0 spiro atoms. The van der Waals surface area contributed by atoms with Crippen molar-refractivity contribution in [2.75, 3.05) is 0 Å². The van der Waals surface area contributed by atoms with Gasteiger partial charge in [0.15, 0.2) is 0 Å². The van der Waals surface area contributed by atoms with Crippen LogP contribution >= 0.6 is 0 Å². The molecule has 0 N–H and O–H groups in total. The Morgan fingerprint density at radius 2 is 1.52 bits per heavy atom. The Bertz CT molecular complexity index is 922. The van der Waals surface area contributed by atoms with Gasteiger partial charge in [0.1, 0.15) is 0 Å². The van der Waals surface area contributed by atoms with Gasteiger partial charge in [-0.05, 0) is 40.8 Å². The third kappa shape index (κ3) is 1.58. The van der Waals surface area contributed by atoms with Crippen LogP contribution in [0, 0.1) is 0 Å². The number of aryl methyl sites for hydroxylation is 1. The molecule has 0 unspecified atom stereocenters. The van der Waals surface area contributed by atoms with Gasteiger partial charge in [0.2, 0.25) is 0 Å². The lowest BCUT2D eigenvalue weighted by Gasteiger charge is -2.05. The molecule has 1 aliphatic carbocycles. The highest BCUT2D eigenvalue weighted by Crippen LogP contribution is 2.46. The molecule has 0 amide bonds. The van der Waals surface area contributed by atoms with Crippen molar-refractivity contribution in [3.8, 4) is 0 Å². The summed E-state index contributed by atoms with van der Waals surface area (Å²) in [6.45, 7) is 6.56. The molecule has 0 atom stereocenters. The molecule has 1 heterocycles. The predicted octanol–water partition coefficient (Wildman–Crippen LogP) is 5.14. The average Bonchev–Trinajstić information content (AvgIpc) is 2.96. The highest BCUT2D eigenvalue weighted by molar-refractivity contribution is 6.23. The van der Waals surface area contributed by atoms with Crippen molar-refractivity contribution in [2.45, 2.75) is 6.92 Å². The first-order valence-electron chi connectivity index (χ1n) is 7.23. The van der Waals surface area contributed by atoms with Crippen molar-refractivity contribution in [2.24, 2.45) is 7.05 Å². The maximum atomic E-state index is 4.35. The molecule has 1 aromatic heterocycles. The predicted molar refractivity (Wildman–Crippen MR) is 90.9 cm³/mol. The summed E-state index contributed by atoms with van der Waals surface area (Å²) in [7, 11) is 2.10. The largest absolute Gasteiger partial charge is 0.350 e. The van der Waals surface area contributed by atoms with Gasteiger partial charge in [0, 0.05) is 29.7 Å². The first-order valence-corrected chi connectivity index (χ1v) is 7.23. The Morgan fingerprint density at radius 1 is 0.857 bits per heavy atom. The number of allylic oxidation sites excluding steroid dienone is 3. The van der Waals surface area contributed by atoms with Gasteiger partial charge >= 0.3 is 0 Å². The summed E-state index contributed by atoms with van der Waals surface area (Å²) in [5, 5.41) is 1.29. The molecule has 0 radical (unpaired) electrons. The van der Waals surface area contributed by atoms with Crippen molar-refractivity contribution in [1.82, 2.24) is 4.57 Å². The lowest BCUT2D eigenvalue weighted by molar-refractivity contribution is 0.967. The fraction of sp³-hybridized carbons (Fsp3) is 0.100. The third-order valence-electron chi connectivity index (χ3n) is 4.50. The summed E-state index contributed by atoms with van der Waals surface area (Å²) in [6.07, 6.45) is 2.22. The van der Waals surface area contributed by atoms with E-state index in [0.717, 1.165) is 5.57 Å². The minimum Gasteiger partial charge on any atom is -0.350 e. The first-order chi connectivity index (χ1) is 10.2. The molecule has 0 bridgehead atoms. The lowest BCUT2D eigenvalue weighted by Crippen LogP contribution is -1.84. The molecule has 3 aromatic rings. The maximum Gasteiger partial charge on any atom is 0.0484 e. The van der Waals surface area contributed by atoms with Crippen LogP contribution in [-0.2, 0) is 7.05 Å². The monoisotopic (exact) mass is 271 g/mol. The van der Waals surface area contributed by atoms with Crippen LogP contribution in [0.5, 0.6) is 0 Å². The third-order valence-corrected chi connectivity index (χ3v) is 4.50. The van der Waals surface area contributed by atoms with Gasteiger partial charge in [0.05, 0.1) is 0 Å². The molecule has 0 saturated heterocycles. The van der Waals surface area contributed by atoms with Crippen molar-refractivity contribution in [3.63, 3.8) is 0 Å². The highest BCUT2D eigenvalue weighted by Gasteiger charge is 2.24. The zero-order valence-corrected chi connectivity index (χ0v) is 12.4. The smallest absolute Gasteiger partial charge is 0.0484 e. The van der Waals surface area contributed by atoms with Gasteiger partial charge in [-0.1, -0.05) is 49.0 Å². The number of fused-ring (bicyclic) bond motifs is 2. The van der Waals surface area contributed by atoms with E-state index in [2.05, 4.69) is 79.8 Å². The second-order valence-electron chi connectivity index (χ2n) is 5.69. The van der Waals surface area contributed by atoms with Crippen LogP contribution in [0.1, 0.15) is 23.6 Å². The molecule has 2 aromatic carbocycles. The number of hydrogen-bond donors (Lipinski definition) is 0. The SMILES string of the molecule is C=C1C(c2cn(C)c3ccccc23)=C(C)c2ccccc21. The molecule has 0 saturated carbocycles. The summed E-state index contributed by atoms with van der Waals surface area (Å²) < 4.78 is 2.20. The van der Waals surface area contributed by atoms with E-state index in [9.17, 15) is 0 Å². The van der Waals surface area contributed by atoms with Crippen molar-refractivity contribution < 1.29 is 0 Å². The van der Waals surface area contributed by atoms with Crippen LogP contribution < -0.4 is 0 Å². The van der Waals surface area contributed by atoms with E-state index >= 15 is 0 Å². The molecular formula is C20H17N. The van der Waals surface area contributed by atoms with Crippen LogP contribution in [0.2, 0.25) is 0 Å². The zero-order chi connectivity index (χ0) is 14.6. The van der Waals surface area contributed by atoms with Crippen molar-refractivity contribution >= 4 is 27.6 Å². The Morgan fingerprint density at radius 3 is 2.29 bits per heavy atom. The number of para-hydroxylation sites is 1. The molecule has 1 nitrogen and oxygen atoms in total. The molecule has 102 valence electrons. The average molecular weight is 271 g/mol. The lowest BCUT2D eigenvalue weighted by atomic mass is 9.97. The molecule has 0 aliphatic heterocycles. The van der Waals surface area contributed by atoms with Gasteiger partial charge in [-0.15, -0.1) is 0 Å². The van der Waals surface area contributed by atoms with Crippen LogP contribution in [-0.4, -0.2) is 4.57 Å². The number of benzene rings is 2. The minimum atomic E-state index is 1.14. The van der Waals surface area contributed by atoms with Gasteiger partial charge in [-0.3, -0.25) is 0 Å². The summed E-state index contributed by atoms with van der Waals surface area (Å²) in [5.74, 6) is 0. The Kier molecular flexibility index (Phi) is 2.46. The fourth-order valence-electron chi connectivity index (χ4n) is 3.47. The van der Waals surface area contributed by atoms with E-state index in [-0.39, 0.29) is 0 Å². The molecule has 0 fully saturated rings. The van der Waals surface area contributed by atoms with Crippen LogP contribution in [0.15, 0.2) is 61.3 Å². The second kappa shape index (κ2) is 4.23. The molecule has 1 heteroatoms. The minimum absolute atomic E-state index is 1.14. The highest BCUT2D eigenvalue weighted by atomic mass is 14.9. The molecule has 21 heavy (non-hydrogen) atoms. The van der Waals surface area contributed by atoms with E-state index in [1.165, 1.54) is 38.7 Å². The Hall–Kier alpha value is -2.54. The van der Waals surface area contributed by atoms with Crippen LogP contribution in [0.4, 0.5) is 0 Å². The van der Waals surface area contributed by atoms with E-state index < -0.39 is 0 Å².